The van der Waals surface area contributed by atoms with Crippen molar-refractivity contribution >= 4 is 0 Å². The van der Waals surface area contributed by atoms with Crippen LogP contribution in [0.2, 0.25) is 0 Å². The maximum Gasteiger partial charge on any atom is 0.0457 e. The van der Waals surface area contributed by atoms with Gasteiger partial charge < -0.3 is 0 Å². The molecule has 0 aliphatic carbocycles. The molecule has 0 unspecified atom stereocenters. The van der Waals surface area contributed by atoms with Crippen molar-refractivity contribution in [1.82, 2.24) is 4.98 Å². The lowest BCUT2D eigenvalue weighted by atomic mass is 9.91. The smallest absolute Gasteiger partial charge is 0.0457 e. The fourth-order valence-corrected chi connectivity index (χ4v) is 1.19. The second-order valence-electron chi connectivity index (χ2n) is 4.88. The Hall–Kier alpha value is -0.850. The fourth-order valence-electron chi connectivity index (χ4n) is 1.19. The van der Waals surface area contributed by atoms with E-state index in [0.717, 1.165) is 5.69 Å². The zero-order valence-corrected chi connectivity index (χ0v) is 9.26. The van der Waals surface area contributed by atoms with Gasteiger partial charge in [-0.3, -0.25) is 4.98 Å². The minimum Gasteiger partial charge on any atom is -0.260 e. The molecular formula is C12H19N. The molecule has 0 saturated carbocycles. The summed E-state index contributed by atoms with van der Waals surface area (Å²) in [6.07, 6.45) is 1.99. The molecule has 1 heteroatoms. The largest absolute Gasteiger partial charge is 0.260 e. The second-order valence-corrected chi connectivity index (χ2v) is 4.88. The Kier molecular flexibility index (Phi) is 2.74. The van der Waals surface area contributed by atoms with Crippen molar-refractivity contribution in [2.24, 2.45) is 0 Å². The first-order valence-electron chi connectivity index (χ1n) is 4.87. The van der Waals surface area contributed by atoms with Crippen LogP contribution >= 0.6 is 0 Å². The summed E-state index contributed by atoms with van der Waals surface area (Å²) in [4.78, 5) is 4.47. The van der Waals surface area contributed by atoms with Crippen LogP contribution in [0.4, 0.5) is 0 Å². The number of rotatable bonds is 1. The molecule has 1 aromatic heterocycles. The van der Waals surface area contributed by atoms with Crippen molar-refractivity contribution in [1.29, 1.82) is 0 Å². The van der Waals surface area contributed by atoms with Crippen LogP contribution < -0.4 is 0 Å². The third kappa shape index (κ3) is 2.55. The minimum absolute atomic E-state index is 0.162. The summed E-state index contributed by atoms with van der Waals surface area (Å²) in [6, 6.07) is 4.31. The Balaban J connectivity index is 2.94. The zero-order chi connectivity index (χ0) is 10.1. The highest BCUT2D eigenvalue weighted by atomic mass is 14.7. The highest BCUT2D eigenvalue weighted by Gasteiger charge is 2.14. The third-order valence-corrected chi connectivity index (χ3v) is 2.22. The van der Waals surface area contributed by atoms with Gasteiger partial charge in [-0.05, 0) is 17.5 Å². The van der Waals surface area contributed by atoms with Gasteiger partial charge >= 0.3 is 0 Å². The summed E-state index contributed by atoms with van der Waals surface area (Å²) in [5, 5.41) is 0. The molecule has 1 heterocycles. The lowest BCUT2D eigenvalue weighted by molar-refractivity contribution is 0.567. The first-order chi connectivity index (χ1) is 5.91. The van der Waals surface area contributed by atoms with Crippen LogP contribution in [0.5, 0.6) is 0 Å². The van der Waals surface area contributed by atoms with Crippen molar-refractivity contribution in [2.45, 2.75) is 46.0 Å². The molecular weight excluding hydrogens is 158 g/mol. The van der Waals surface area contributed by atoms with Crippen molar-refractivity contribution < 1.29 is 0 Å². The maximum atomic E-state index is 4.47. The van der Waals surface area contributed by atoms with Crippen LogP contribution in [0.1, 0.15) is 51.8 Å². The van der Waals surface area contributed by atoms with Crippen molar-refractivity contribution in [2.75, 3.05) is 0 Å². The molecule has 0 atom stereocenters. The summed E-state index contributed by atoms with van der Waals surface area (Å²) in [7, 11) is 0. The van der Waals surface area contributed by atoms with Gasteiger partial charge in [0.25, 0.3) is 0 Å². The van der Waals surface area contributed by atoms with Gasteiger partial charge in [-0.15, -0.1) is 0 Å². The number of hydrogen-bond acceptors (Lipinski definition) is 1. The van der Waals surface area contributed by atoms with E-state index in [1.54, 1.807) is 0 Å². The molecule has 1 aromatic rings. The van der Waals surface area contributed by atoms with E-state index in [4.69, 9.17) is 0 Å². The Labute approximate surface area is 81.2 Å². The SMILES string of the molecule is CC(C)c1ccc(C(C)(C)C)nc1. The zero-order valence-electron chi connectivity index (χ0n) is 9.26. The summed E-state index contributed by atoms with van der Waals surface area (Å²) in [6.45, 7) is 10.9. The van der Waals surface area contributed by atoms with Crippen LogP contribution in [0.3, 0.4) is 0 Å². The molecule has 1 rings (SSSR count). The molecule has 0 radical (unpaired) electrons. The third-order valence-electron chi connectivity index (χ3n) is 2.22. The van der Waals surface area contributed by atoms with Crippen LogP contribution in [0.15, 0.2) is 18.3 Å². The molecule has 0 aliphatic heterocycles. The molecule has 72 valence electrons. The normalized spacial score (nSPS) is 12.2. The van der Waals surface area contributed by atoms with Crippen molar-refractivity contribution in [3.63, 3.8) is 0 Å². The molecule has 0 aliphatic rings. The van der Waals surface area contributed by atoms with Crippen molar-refractivity contribution in [3.05, 3.63) is 29.6 Å². The molecule has 0 aromatic carbocycles. The highest BCUT2D eigenvalue weighted by Crippen LogP contribution is 2.21. The topological polar surface area (TPSA) is 12.9 Å². The highest BCUT2D eigenvalue weighted by molar-refractivity contribution is 5.20. The molecule has 0 fully saturated rings. The van der Waals surface area contributed by atoms with Gasteiger partial charge in [0.1, 0.15) is 0 Å². The van der Waals surface area contributed by atoms with E-state index in [9.17, 15) is 0 Å². The van der Waals surface area contributed by atoms with Crippen LogP contribution in [0, 0.1) is 0 Å². The number of pyridine rings is 1. The summed E-state index contributed by atoms with van der Waals surface area (Å²) >= 11 is 0. The van der Waals surface area contributed by atoms with E-state index in [0.29, 0.717) is 5.92 Å². The Morgan fingerprint density at radius 2 is 1.77 bits per heavy atom. The Morgan fingerprint density at radius 1 is 1.15 bits per heavy atom. The standard InChI is InChI=1S/C12H19N/c1-9(2)10-6-7-11(13-8-10)12(3,4)5/h6-9H,1-5H3. The van der Waals surface area contributed by atoms with Crippen LogP contribution in [-0.2, 0) is 5.41 Å². The lowest BCUT2D eigenvalue weighted by Crippen LogP contribution is -2.13. The average molecular weight is 177 g/mol. The van der Waals surface area contributed by atoms with E-state index in [2.05, 4.69) is 51.7 Å². The molecule has 0 bridgehead atoms. The summed E-state index contributed by atoms with van der Waals surface area (Å²) in [5.41, 5.74) is 2.64. The molecule has 0 amide bonds. The van der Waals surface area contributed by atoms with Gasteiger partial charge in [0.15, 0.2) is 0 Å². The molecule has 0 spiro atoms. The van der Waals surface area contributed by atoms with Crippen LogP contribution in [0.25, 0.3) is 0 Å². The Morgan fingerprint density at radius 3 is 2.08 bits per heavy atom. The van der Waals surface area contributed by atoms with E-state index < -0.39 is 0 Å². The quantitative estimate of drug-likeness (QED) is 0.639. The predicted octanol–water partition coefficient (Wildman–Crippen LogP) is 3.50. The van der Waals surface area contributed by atoms with Gasteiger partial charge in [-0.2, -0.15) is 0 Å². The van der Waals surface area contributed by atoms with Crippen LogP contribution in [-0.4, -0.2) is 4.98 Å². The van der Waals surface area contributed by atoms with E-state index in [-0.39, 0.29) is 5.41 Å². The summed E-state index contributed by atoms with van der Waals surface area (Å²) < 4.78 is 0. The van der Waals surface area contributed by atoms with E-state index >= 15 is 0 Å². The first-order valence-corrected chi connectivity index (χ1v) is 4.87. The molecule has 1 nitrogen and oxygen atoms in total. The van der Waals surface area contributed by atoms with Crippen molar-refractivity contribution in [3.8, 4) is 0 Å². The predicted molar refractivity (Wildman–Crippen MR) is 57.0 cm³/mol. The monoisotopic (exact) mass is 177 g/mol. The van der Waals surface area contributed by atoms with E-state index in [1.165, 1.54) is 5.56 Å². The minimum atomic E-state index is 0.162. The van der Waals surface area contributed by atoms with Gasteiger partial charge in [-0.1, -0.05) is 40.7 Å². The van der Waals surface area contributed by atoms with Gasteiger partial charge in [-0.25, -0.2) is 0 Å². The average Bonchev–Trinajstić information content (AvgIpc) is 2.03. The molecule has 0 N–H and O–H groups in total. The molecule has 0 saturated heterocycles. The second kappa shape index (κ2) is 3.49. The van der Waals surface area contributed by atoms with Gasteiger partial charge in [0, 0.05) is 17.3 Å². The number of aromatic nitrogens is 1. The Bertz CT molecular complexity index is 264. The van der Waals surface area contributed by atoms with Gasteiger partial charge in [0.05, 0.1) is 0 Å². The lowest BCUT2D eigenvalue weighted by Gasteiger charge is -2.18. The van der Waals surface area contributed by atoms with E-state index in [1.807, 2.05) is 6.20 Å². The fraction of sp³-hybridized carbons (Fsp3) is 0.583. The first kappa shape index (κ1) is 10.2. The molecule has 13 heavy (non-hydrogen) atoms. The maximum absolute atomic E-state index is 4.47. The number of nitrogens with zero attached hydrogens (tertiary/aromatic N) is 1. The van der Waals surface area contributed by atoms with Gasteiger partial charge in [0.2, 0.25) is 0 Å². The number of hydrogen-bond donors (Lipinski definition) is 0. The summed E-state index contributed by atoms with van der Waals surface area (Å²) in [5.74, 6) is 0.571.